The standard InChI is InChI=1S/C29H28Cl2N2O2/c1-17(2)16-35-21-10-7-18(8-11-21)19-13-26-28(27(34)14-19)29(22-12-9-20(30)15-23(22)31)33-25-6-4-3-5-24(25)32-26/h3-12,15,17,19,29,32-33H,13-14,16H2,1-2H3. The van der Waals surface area contributed by atoms with E-state index < -0.39 is 0 Å². The Morgan fingerprint density at radius 3 is 2.43 bits per heavy atom. The number of carbonyl (C=O) groups is 1. The Balaban J connectivity index is 1.50. The molecule has 2 N–H and O–H groups in total. The summed E-state index contributed by atoms with van der Waals surface area (Å²) in [5.41, 5.74) is 5.50. The summed E-state index contributed by atoms with van der Waals surface area (Å²) in [5, 5.41) is 8.24. The Hall–Kier alpha value is -2.95. The molecule has 5 rings (SSSR count). The van der Waals surface area contributed by atoms with Crippen molar-refractivity contribution in [1.29, 1.82) is 0 Å². The zero-order valence-electron chi connectivity index (χ0n) is 19.8. The Bertz CT molecular complexity index is 1280. The van der Waals surface area contributed by atoms with Gasteiger partial charge in [-0.1, -0.05) is 67.4 Å². The van der Waals surface area contributed by atoms with Gasteiger partial charge in [0, 0.05) is 27.7 Å². The molecule has 4 nitrogen and oxygen atoms in total. The second-order valence-electron chi connectivity index (χ2n) is 9.61. The first-order chi connectivity index (χ1) is 16.9. The molecule has 6 heteroatoms. The van der Waals surface area contributed by atoms with Gasteiger partial charge in [-0.05, 0) is 65.8 Å². The second-order valence-corrected chi connectivity index (χ2v) is 10.5. The van der Waals surface area contributed by atoms with Gasteiger partial charge < -0.3 is 15.4 Å². The third-order valence-corrected chi connectivity index (χ3v) is 7.08. The van der Waals surface area contributed by atoms with Crippen LogP contribution in [0.2, 0.25) is 10.0 Å². The Labute approximate surface area is 216 Å². The molecule has 0 fully saturated rings. The van der Waals surface area contributed by atoms with Gasteiger partial charge in [0.15, 0.2) is 5.78 Å². The smallest absolute Gasteiger partial charge is 0.163 e. The predicted molar refractivity (Wildman–Crippen MR) is 144 cm³/mol. The van der Waals surface area contributed by atoms with Gasteiger partial charge in [0.1, 0.15) is 5.75 Å². The van der Waals surface area contributed by atoms with Gasteiger partial charge in [-0.25, -0.2) is 0 Å². The monoisotopic (exact) mass is 506 g/mol. The largest absolute Gasteiger partial charge is 0.493 e. The number of ketones is 1. The van der Waals surface area contributed by atoms with E-state index in [0.717, 1.165) is 45.9 Å². The Morgan fingerprint density at radius 2 is 1.71 bits per heavy atom. The molecule has 1 aliphatic heterocycles. The van der Waals surface area contributed by atoms with Gasteiger partial charge >= 0.3 is 0 Å². The molecule has 2 atom stereocenters. The number of carbonyl (C=O) groups excluding carboxylic acids is 1. The number of Topliss-reactive ketones (excluding diaryl/α,β-unsaturated/α-hetero) is 1. The van der Waals surface area contributed by atoms with Crippen LogP contribution in [-0.4, -0.2) is 12.4 Å². The van der Waals surface area contributed by atoms with Crippen molar-refractivity contribution in [3.05, 3.63) is 99.2 Å². The van der Waals surface area contributed by atoms with Crippen molar-refractivity contribution in [3.63, 3.8) is 0 Å². The second kappa shape index (κ2) is 9.96. The lowest BCUT2D eigenvalue weighted by Gasteiger charge is -2.30. The summed E-state index contributed by atoms with van der Waals surface area (Å²) in [6, 6.07) is 21.2. The highest BCUT2D eigenvalue weighted by Gasteiger charge is 2.36. The number of rotatable bonds is 5. The number of allylic oxidation sites excluding steroid dienone is 1. The van der Waals surface area contributed by atoms with Crippen molar-refractivity contribution >= 4 is 40.4 Å². The molecule has 3 aromatic rings. The number of para-hydroxylation sites is 2. The van der Waals surface area contributed by atoms with Crippen molar-refractivity contribution in [2.45, 2.75) is 38.6 Å². The quantitative estimate of drug-likeness (QED) is 0.367. The van der Waals surface area contributed by atoms with Crippen molar-refractivity contribution < 1.29 is 9.53 Å². The molecule has 1 heterocycles. The summed E-state index contributed by atoms with van der Waals surface area (Å²) in [4.78, 5) is 13.7. The van der Waals surface area contributed by atoms with Crippen LogP contribution in [-0.2, 0) is 4.79 Å². The van der Waals surface area contributed by atoms with E-state index >= 15 is 0 Å². The van der Waals surface area contributed by atoms with Crippen LogP contribution in [0.1, 0.15) is 49.8 Å². The first-order valence-corrected chi connectivity index (χ1v) is 12.7. The lowest BCUT2D eigenvalue weighted by molar-refractivity contribution is -0.116. The van der Waals surface area contributed by atoms with Crippen LogP contribution in [0.5, 0.6) is 5.75 Å². The summed E-state index contributed by atoms with van der Waals surface area (Å²) in [5.74, 6) is 1.52. The molecule has 180 valence electrons. The fraction of sp³-hybridized carbons (Fsp3) is 0.276. The molecule has 0 saturated heterocycles. The molecule has 0 amide bonds. The molecule has 0 spiro atoms. The zero-order valence-corrected chi connectivity index (χ0v) is 21.3. The summed E-state index contributed by atoms with van der Waals surface area (Å²) in [7, 11) is 0. The van der Waals surface area contributed by atoms with Crippen molar-refractivity contribution in [2.24, 2.45) is 5.92 Å². The van der Waals surface area contributed by atoms with Crippen LogP contribution in [0.25, 0.3) is 0 Å². The Morgan fingerprint density at radius 1 is 0.971 bits per heavy atom. The fourth-order valence-electron chi connectivity index (χ4n) is 4.80. The van der Waals surface area contributed by atoms with Crippen molar-refractivity contribution in [3.8, 4) is 5.75 Å². The van der Waals surface area contributed by atoms with Gasteiger partial charge in [-0.15, -0.1) is 0 Å². The number of anilines is 2. The molecular weight excluding hydrogens is 479 g/mol. The minimum atomic E-state index is -0.369. The molecule has 35 heavy (non-hydrogen) atoms. The average molecular weight is 507 g/mol. The maximum absolute atomic E-state index is 13.7. The van der Waals surface area contributed by atoms with Crippen LogP contribution in [0.3, 0.4) is 0 Å². The third-order valence-electron chi connectivity index (χ3n) is 6.52. The molecule has 0 bridgehead atoms. The number of benzene rings is 3. The number of nitrogens with one attached hydrogen (secondary N) is 2. The van der Waals surface area contributed by atoms with Gasteiger partial charge in [-0.3, -0.25) is 4.79 Å². The fourth-order valence-corrected chi connectivity index (χ4v) is 5.31. The van der Waals surface area contributed by atoms with Crippen molar-refractivity contribution in [1.82, 2.24) is 0 Å². The minimum Gasteiger partial charge on any atom is -0.493 e. The zero-order chi connectivity index (χ0) is 24.5. The van der Waals surface area contributed by atoms with Crippen molar-refractivity contribution in [2.75, 3.05) is 17.2 Å². The van der Waals surface area contributed by atoms with E-state index in [1.807, 2.05) is 48.5 Å². The lowest BCUT2D eigenvalue weighted by Crippen LogP contribution is -2.27. The maximum Gasteiger partial charge on any atom is 0.163 e. The van der Waals surface area contributed by atoms with E-state index in [0.29, 0.717) is 29.0 Å². The van der Waals surface area contributed by atoms with E-state index in [1.165, 1.54) is 0 Å². The van der Waals surface area contributed by atoms with Crippen LogP contribution in [0, 0.1) is 5.92 Å². The molecule has 0 saturated carbocycles. The van der Waals surface area contributed by atoms with Gasteiger partial charge in [0.05, 0.1) is 24.0 Å². The highest BCUT2D eigenvalue weighted by molar-refractivity contribution is 6.35. The van der Waals surface area contributed by atoms with Crippen LogP contribution in [0.4, 0.5) is 11.4 Å². The number of ether oxygens (including phenoxy) is 1. The third kappa shape index (κ3) is 5.05. The average Bonchev–Trinajstić information content (AvgIpc) is 3.00. The normalized spacial score (nSPS) is 19.4. The number of hydrogen-bond acceptors (Lipinski definition) is 4. The van der Waals surface area contributed by atoms with Crippen LogP contribution < -0.4 is 15.4 Å². The summed E-state index contributed by atoms with van der Waals surface area (Å²) < 4.78 is 5.84. The molecule has 1 aliphatic carbocycles. The van der Waals surface area contributed by atoms with Crippen LogP contribution >= 0.6 is 23.2 Å². The first-order valence-electron chi connectivity index (χ1n) is 12.0. The topological polar surface area (TPSA) is 50.4 Å². The summed E-state index contributed by atoms with van der Waals surface area (Å²) in [6.07, 6.45) is 1.16. The summed E-state index contributed by atoms with van der Waals surface area (Å²) in [6.45, 7) is 4.94. The van der Waals surface area contributed by atoms with E-state index in [2.05, 4.69) is 36.6 Å². The predicted octanol–water partition coefficient (Wildman–Crippen LogP) is 8.01. The SMILES string of the molecule is CC(C)COc1ccc(C2CC(=O)C3=C(C2)Nc2ccccc2NC3c2ccc(Cl)cc2Cl)cc1. The molecule has 0 aromatic heterocycles. The van der Waals surface area contributed by atoms with Gasteiger partial charge in [-0.2, -0.15) is 0 Å². The van der Waals surface area contributed by atoms with E-state index in [-0.39, 0.29) is 17.7 Å². The molecular formula is C29H28Cl2N2O2. The van der Waals surface area contributed by atoms with E-state index in [4.69, 9.17) is 27.9 Å². The molecule has 2 aliphatic rings. The summed E-state index contributed by atoms with van der Waals surface area (Å²) >= 11 is 12.8. The number of hydrogen-bond donors (Lipinski definition) is 2. The molecule has 2 unspecified atom stereocenters. The highest BCUT2D eigenvalue weighted by Crippen LogP contribution is 2.45. The molecule has 0 radical (unpaired) electrons. The maximum atomic E-state index is 13.7. The molecule has 3 aromatic carbocycles. The first kappa shape index (κ1) is 23.8. The van der Waals surface area contributed by atoms with E-state index in [9.17, 15) is 4.79 Å². The van der Waals surface area contributed by atoms with Gasteiger partial charge in [0.25, 0.3) is 0 Å². The highest BCUT2D eigenvalue weighted by atomic mass is 35.5. The minimum absolute atomic E-state index is 0.0829. The van der Waals surface area contributed by atoms with Gasteiger partial charge in [0.2, 0.25) is 0 Å². The Kier molecular flexibility index (Phi) is 6.77. The van der Waals surface area contributed by atoms with E-state index in [1.54, 1.807) is 6.07 Å². The van der Waals surface area contributed by atoms with Crippen LogP contribution in [0.15, 0.2) is 78.0 Å². The number of halogens is 2. The number of fused-ring (bicyclic) bond motifs is 1. The lowest BCUT2D eigenvalue weighted by atomic mass is 9.78.